The molecule has 1 aromatic carbocycles. The van der Waals surface area contributed by atoms with Crippen molar-refractivity contribution >= 4 is 23.2 Å². The third kappa shape index (κ3) is 3.10. The third-order valence-corrected chi connectivity index (χ3v) is 3.62. The number of rotatable bonds is 2. The molecule has 1 fully saturated rings. The minimum Gasteiger partial charge on any atom is -0.381 e. The maximum absolute atomic E-state index is 6.26. The van der Waals surface area contributed by atoms with Crippen molar-refractivity contribution in [3.8, 4) is 0 Å². The maximum Gasteiger partial charge on any atom is 0.0511 e. The van der Waals surface area contributed by atoms with Crippen LogP contribution in [0.2, 0.25) is 5.02 Å². The van der Waals surface area contributed by atoms with Crippen LogP contribution in [0.5, 0.6) is 0 Å². The zero-order chi connectivity index (χ0) is 10.7. The number of hydrogen-bond donors (Lipinski definition) is 0. The summed E-state index contributed by atoms with van der Waals surface area (Å²) in [5.41, 5.74) is 1.28. The third-order valence-electron chi connectivity index (χ3n) is 2.79. The summed E-state index contributed by atoms with van der Waals surface area (Å²) in [5.74, 6) is 0.432. The number of hydrogen-bond acceptors (Lipinski definition) is 1. The Hall–Kier alpha value is -0.240. The zero-order valence-electron chi connectivity index (χ0n) is 8.46. The molecule has 15 heavy (non-hydrogen) atoms. The molecule has 0 N–H and O–H groups in total. The monoisotopic (exact) mass is 244 g/mol. The maximum atomic E-state index is 6.26. The van der Waals surface area contributed by atoms with E-state index in [1.807, 2.05) is 12.1 Å². The van der Waals surface area contributed by atoms with Gasteiger partial charge in [-0.2, -0.15) is 0 Å². The van der Waals surface area contributed by atoms with Gasteiger partial charge in [-0.25, -0.2) is 0 Å². The van der Waals surface area contributed by atoms with Gasteiger partial charge in [0.05, 0.1) is 6.61 Å². The predicted molar refractivity (Wildman–Crippen MR) is 63.7 cm³/mol. The highest BCUT2D eigenvalue weighted by atomic mass is 35.5. The van der Waals surface area contributed by atoms with Crippen LogP contribution in [0.15, 0.2) is 24.3 Å². The summed E-state index contributed by atoms with van der Waals surface area (Å²) in [5, 5.41) is 1.02. The summed E-state index contributed by atoms with van der Waals surface area (Å²) in [4.78, 5) is 0. The van der Waals surface area contributed by atoms with Gasteiger partial charge in [-0.3, -0.25) is 0 Å². The van der Waals surface area contributed by atoms with E-state index < -0.39 is 0 Å². The fraction of sp³-hybridized carbons (Fsp3) is 0.500. The van der Waals surface area contributed by atoms with Crippen molar-refractivity contribution in [1.82, 2.24) is 0 Å². The van der Waals surface area contributed by atoms with Crippen molar-refractivity contribution in [3.63, 3.8) is 0 Å². The van der Waals surface area contributed by atoms with Crippen LogP contribution in [0.1, 0.15) is 12.0 Å². The first-order valence-electron chi connectivity index (χ1n) is 5.22. The lowest BCUT2D eigenvalue weighted by atomic mass is 9.94. The van der Waals surface area contributed by atoms with Crippen LogP contribution in [-0.2, 0) is 11.2 Å². The van der Waals surface area contributed by atoms with Crippen molar-refractivity contribution in [2.24, 2.45) is 5.92 Å². The molecule has 1 heterocycles. The summed E-state index contributed by atoms with van der Waals surface area (Å²) in [7, 11) is 0. The molecule has 2 atom stereocenters. The van der Waals surface area contributed by atoms with Gasteiger partial charge in [0, 0.05) is 22.9 Å². The lowest BCUT2D eigenvalue weighted by molar-refractivity contribution is 0.0578. The smallest absolute Gasteiger partial charge is 0.0511 e. The number of halogens is 2. The first-order chi connectivity index (χ1) is 7.25. The fourth-order valence-electron chi connectivity index (χ4n) is 1.88. The SMILES string of the molecule is Clc1ccc(CC2COCCC2Cl)cc1. The van der Waals surface area contributed by atoms with Gasteiger partial charge in [0.2, 0.25) is 0 Å². The van der Waals surface area contributed by atoms with Crippen LogP contribution < -0.4 is 0 Å². The standard InChI is InChI=1S/C12H14Cl2O/c13-11-3-1-9(2-4-11)7-10-8-15-6-5-12(10)14/h1-4,10,12H,5-8H2. The molecule has 2 rings (SSSR count). The second-order valence-corrected chi connectivity index (χ2v) is 4.97. The van der Waals surface area contributed by atoms with E-state index in [9.17, 15) is 0 Å². The van der Waals surface area contributed by atoms with Crippen molar-refractivity contribution in [1.29, 1.82) is 0 Å². The first-order valence-corrected chi connectivity index (χ1v) is 6.03. The van der Waals surface area contributed by atoms with Crippen molar-refractivity contribution in [3.05, 3.63) is 34.9 Å². The number of ether oxygens (including phenoxy) is 1. The second-order valence-electron chi connectivity index (χ2n) is 3.97. The summed E-state index contributed by atoms with van der Waals surface area (Å²) < 4.78 is 5.44. The molecule has 0 bridgehead atoms. The molecule has 1 aliphatic heterocycles. The molecule has 1 nitrogen and oxygen atoms in total. The molecule has 1 aliphatic rings. The predicted octanol–water partition coefficient (Wildman–Crippen LogP) is 3.53. The highest BCUT2D eigenvalue weighted by Gasteiger charge is 2.23. The van der Waals surface area contributed by atoms with E-state index in [2.05, 4.69) is 12.1 Å². The second kappa shape index (κ2) is 5.20. The Bertz CT molecular complexity index is 310. The molecule has 0 spiro atoms. The van der Waals surface area contributed by atoms with Crippen LogP contribution in [0.25, 0.3) is 0 Å². The summed E-state index contributed by atoms with van der Waals surface area (Å²) in [6, 6.07) is 7.95. The summed E-state index contributed by atoms with van der Waals surface area (Å²) in [6.07, 6.45) is 1.94. The Morgan fingerprint density at radius 3 is 2.67 bits per heavy atom. The Morgan fingerprint density at radius 1 is 1.27 bits per heavy atom. The molecule has 1 aromatic rings. The van der Waals surface area contributed by atoms with Crippen LogP contribution in [0.4, 0.5) is 0 Å². The summed E-state index contributed by atoms with van der Waals surface area (Å²) >= 11 is 12.1. The molecule has 0 radical (unpaired) electrons. The lowest BCUT2D eigenvalue weighted by Gasteiger charge is -2.27. The van der Waals surface area contributed by atoms with E-state index in [0.29, 0.717) is 5.92 Å². The highest BCUT2D eigenvalue weighted by Crippen LogP contribution is 2.24. The Kier molecular flexibility index (Phi) is 3.90. The van der Waals surface area contributed by atoms with Gasteiger partial charge >= 0.3 is 0 Å². The van der Waals surface area contributed by atoms with Gasteiger partial charge in [-0.1, -0.05) is 23.7 Å². The van der Waals surface area contributed by atoms with Crippen LogP contribution >= 0.6 is 23.2 Å². The van der Waals surface area contributed by atoms with Gasteiger partial charge in [0.15, 0.2) is 0 Å². The van der Waals surface area contributed by atoms with Crippen LogP contribution in [0.3, 0.4) is 0 Å². The highest BCUT2D eigenvalue weighted by molar-refractivity contribution is 6.30. The molecule has 2 unspecified atom stereocenters. The molecule has 0 aromatic heterocycles. The molecule has 3 heteroatoms. The van der Waals surface area contributed by atoms with Crippen molar-refractivity contribution in [2.75, 3.05) is 13.2 Å². The minimum atomic E-state index is 0.245. The quantitative estimate of drug-likeness (QED) is 0.724. The molecule has 82 valence electrons. The number of benzene rings is 1. The lowest BCUT2D eigenvalue weighted by Crippen LogP contribution is -2.29. The number of alkyl halides is 1. The molecule has 0 saturated carbocycles. The Labute approximate surface area is 100 Å². The first kappa shape index (κ1) is 11.3. The molecule has 0 amide bonds. The van der Waals surface area contributed by atoms with Gasteiger partial charge in [0.1, 0.15) is 0 Å². The molecule has 0 aliphatic carbocycles. The van der Waals surface area contributed by atoms with Crippen molar-refractivity contribution < 1.29 is 4.74 Å². The Balaban J connectivity index is 1.98. The topological polar surface area (TPSA) is 9.23 Å². The van der Waals surface area contributed by atoms with Crippen LogP contribution in [0, 0.1) is 5.92 Å². The van der Waals surface area contributed by atoms with Crippen molar-refractivity contribution in [2.45, 2.75) is 18.2 Å². The van der Waals surface area contributed by atoms with Crippen LogP contribution in [-0.4, -0.2) is 18.6 Å². The molecule has 1 saturated heterocycles. The normalized spacial score (nSPS) is 26.5. The van der Waals surface area contributed by atoms with Gasteiger partial charge < -0.3 is 4.74 Å². The minimum absolute atomic E-state index is 0.245. The zero-order valence-corrected chi connectivity index (χ0v) is 9.97. The van der Waals surface area contributed by atoms with Gasteiger partial charge in [-0.15, -0.1) is 11.6 Å². The largest absolute Gasteiger partial charge is 0.381 e. The molecular formula is C12H14Cl2O. The van der Waals surface area contributed by atoms with Gasteiger partial charge in [-0.05, 0) is 30.5 Å². The van der Waals surface area contributed by atoms with E-state index >= 15 is 0 Å². The van der Waals surface area contributed by atoms with E-state index in [1.165, 1.54) is 5.56 Å². The van der Waals surface area contributed by atoms with E-state index in [-0.39, 0.29) is 5.38 Å². The summed E-state index contributed by atoms with van der Waals surface area (Å²) in [6.45, 7) is 1.57. The fourth-order valence-corrected chi connectivity index (χ4v) is 2.26. The van der Waals surface area contributed by atoms with E-state index in [1.54, 1.807) is 0 Å². The molecular weight excluding hydrogens is 231 g/mol. The average Bonchev–Trinajstić information content (AvgIpc) is 2.25. The average molecular weight is 245 g/mol. The Morgan fingerprint density at radius 2 is 2.00 bits per heavy atom. The van der Waals surface area contributed by atoms with E-state index in [4.69, 9.17) is 27.9 Å². The van der Waals surface area contributed by atoms with Gasteiger partial charge in [0.25, 0.3) is 0 Å². The van der Waals surface area contributed by atoms with E-state index in [0.717, 1.165) is 31.1 Å².